The van der Waals surface area contributed by atoms with Gasteiger partial charge in [-0.1, -0.05) is 65.9 Å². The van der Waals surface area contributed by atoms with E-state index >= 15 is 0 Å². The highest BCUT2D eigenvalue weighted by atomic mass is 35.5. The lowest BCUT2D eigenvalue weighted by Gasteiger charge is -2.09. The van der Waals surface area contributed by atoms with Gasteiger partial charge in [-0.2, -0.15) is 4.98 Å². The third-order valence-electron chi connectivity index (χ3n) is 5.44. The molecule has 0 spiro atoms. The van der Waals surface area contributed by atoms with E-state index in [0.717, 1.165) is 5.56 Å². The number of rotatable bonds is 5. The van der Waals surface area contributed by atoms with E-state index < -0.39 is 0 Å². The Kier molecular flexibility index (Phi) is 5.62. The maximum absolute atomic E-state index is 12.9. The van der Waals surface area contributed by atoms with E-state index in [1.54, 1.807) is 24.3 Å². The molecule has 2 atom stereocenters. The number of hydrogen-bond donors (Lipinski definition) is 1. The van der Waals surface area contributed by atoms with E-state index in [9.17, 15) is 4.79 Å². The Morgan fingerprint density at radius 3 is 2.53 bits per heavy atom. The number of nitrogens with zero attached hydrogens (tertiary/aromatic N) is 2. The average molecular weight is 463 g/mol. The van der Waals surface area contributed by atoms with E-state index in [2.05, 4.69) is 15.5 Å². The summed E-state index contributed by atoms with van der Waals surface area (Å²) in [6.45, 7) is 4.02. The van der Waals surface area contributed by atoms with Crippen molar-refractivity contribution in [1.29, 1.82) is 0 Å². The monoisotopic (exact) mass is 461 g/mol. The molecule has 1 N–H and O–H groups in total. The van der Waals surface area contributed by atoms with Gasteiger partial charge in [0.25, 0.3) is 5.89 Å². The predicted molar refractivity (Wildman–Crippen MR) is 119 cm³/mol. The normalized spacial score (nSPS) is 19.2. The molecule has 2 unspecified atom stereocenters. The third kappa shape index (κ3) is 4.10. The highest BCUT2D eigenvalue weighted by molar-refractivity contribution is 6.55. The first-order chi connectivity index (χ1) is 14.3. The van der Waals surface area contributed by atoms with Gasteiger partial charge in [0, 0.05) is 10.6 Å². The first-order valence-corrected chi connectivity index (χ1v) is 10.4. The zero-order valence-electron chi connectivity index (χ0n) is 16.2. The Balaban J connectivity index is 1.58. The molecule has 0 aliphatic heterocycles. The van der Waals surface area contributed by atoms with Crippen LogP contribution in [0.1, 0.15) is 13.8 Å². The van der Waals surface area contributed by atoms with E-state index in [-0.39, 0.29) is 27.6 Å². The standard InChI is InChI=1S/C22H18Cl3N3O2/c1-22(2)15(11-17(24)25)18(22)20(29)26-16-6-4-3-5-14(16)21-27-19(28-30-21)12-7-9-13(23)10-8-12/h3-11,15,18H,1-2H3,(H,26,29). The summed E-state index contributed by atoms with van der Waals surface area (Å²) >= 11 is 17.5. The second kappa shape index (κ2) is 8.06. The highest BCUT2D eigenvalue weighted by Gasteiger charge is 2.60. The van der Waals surface area contributed by atoms with Crippen LogP contribution in [-0.4, -0.2) is 16.0 Å². The minimum Gasteiger partial charge on any atom is -0.334 e. The Morgan fingerprint density at radius 2 is 1.83 bits per heavy atom. The summed E-state index contributed by atoms with van der Waals surface area (Å²) in [5.41, 5.74) is 1.79. The van der Waals surface area contributed by atoms with Crippen LogP contribution in [0.2, 0.25) is 5.02 Å². The molecule has 1 heterocycles. The van der Waals surface area contributed by atoms with Crippen molar-refractivity contribution >= 4 is 46.4 Å². The maximum atomic E-state index is 12.9. The zero-order chi connectivity index (χ0) is 21.5. The largest absolute Gasteiger partial charge is 0.334 e. The SMILES string of the molecule is CC1(C)C(C=C(Cl)Cl)C1C(=O)Nc1ccccc1-c1nc(-c2ccc(Cl)cc2)no1. The molecule has 0 radical (unpaired) electrons. The van der Waals surface area contributed by atoms with Crippen LogP contribution in [-0.2, 0) is 4.79 Å². The molecule has 2 aromatic carbocycles. The number of carbonyl (C=O) groups is 1. The fourth-order valence-electron chi connectivity index (χ4n) is 3.66. The predicted octanol–water partition coefficient (Wildman–Crippen LogP) is 6.59. The molecule has 0 bridgehead atoms. The van der Waals surface area contributed by atoms with Gasteiger partial charge in [0.1, 0.15) is 4.49 Å². The van der Waals surface area contributed by atoms with Gasteiger partial charge >= 0.3 is 0 Å². The van der Waals surface area contributed by atoms with Crippen molar-refractivity contribution in [1.82, 2.24) is 10.1 Å². The smallest absolute Gasteiger partial charge is 0.260 e. The highest BCUT2D eigenvalue weighted by Crippen LogP contribution is 2.60. The van der Waals surface area contributed by atoms with Crippen molar-refractivity contribution in [2.24, 2.45) is 17.3 Å². The molecule has 154 valence electrons. The van der Waals surface area contributed by atoms with Gasteiger partial charge in [0.05, 0.1) is 17.2 Å². The molecular weight excluding hydrogens is 445 g/mol. The Bertz CT molecular complexity index is 1120. The summed E-state index contributed by atoms with van der Waals surface area (Å²) in [5, 5.41) is 7.66. The minimum atomic E-state index is -0.231. The van der Waals surface area contributed by atoms with E-state index in [1.807, 2.05) is 44.2 Å². The lowest BCUT2D eigenvalue weighted by Crippen LogP contribution is -2.17. The maximum Gasteiger partial charge on any atom is 0.260 e. The van der Waals surface area contributed by atoms with Crippen molar-refractivity contribution in [2.75, 3.05) is 5.32 Å². The Labute approximate surface area is 189 Å². The molecule has 1 aliphatic rings. The van der Waals surface area contributed by atoms with Gasteiger partial charge in [-0.05, 0) is 53.8 Å². The number of nitrogens with one attached hydrogen (secondary N) is 1. The van der Waals surface area contributed by atoms with Crippen LogP contribution < -0.4 is 5.32 Å². The van der Waals surface area contributed by atoms with Crippen LogP contribution in [0.15, 0.2) is 63.6 Å². The Morgan fingerprint density at radius 1 is 1.13 bits per heavy atom. The van der Waals surface area contributed by atoms with Crippen molar-refractivity contribution in [2.45, 2.75) is 13.8 Å². The number of hydrogen-bond acceptors (Lipinski definition) is 4. The minimum absolute atomic E-state index is 0.0189. The van der Waals surface area contributed by atoms with Crippen LogP contribution in [0.5, 0.6) is 0 Å². The second-order valence-electron chi connectivity index (χ2n) is 7.75. The quantitative estimate of drug-likeness (QED) is 0.464. The molecule has 8 heteroatoms. The number of allylic oxidation sites excluding steroid dienone is 1. The summed E-state index contributed by atoms with van der Waals surface area (Å²) < 4.78 is 5.63. The molecule has 30 heavy (non-hydrogen) atoms. The van der Waals surface area contributed by atoms with Gasteiger partial charge in [-0.15, -0.1) is 0 Å². The lowest BCUT2D eigenvalue weighted by atomic mass is 10.1. The summed E-state index contributed by atoms with van der Waals surface area (Å²) in [4.78, 5) is 17.4. The first kappa shape index (κ1) is 20.9. The average Bonchev–Trinajstić information content (AvgIpc) is 3.04. The topological polar surface area (TPSA) is 68.0 Å². The summed E-state index contributed by atoms with van der Waals surface area (Å²) in [6.07, 6.45) is 1.72. The number of aromatic nitrogens is 2. The van der Waals surface area contributed by atoms with Gasteiger partial charge < -0.3 is 9.84 Å². The number of amides is 1. The number of carbonyl (C=O) groups excluding carboxylic acids is 1. The molecule has 1 aliphatic carbocycles. The molecular formula is C22H18Cl3N3O2. The van der Waals surface area contributed by atoms with E-state index in [0.29, 0.717) is 28.0 Å². The summed E-state index contributed by atoms with van der Waals surface area (Å²) in [7, 11) is 0. The molecule has 0 saturated heterocycles. The van der Waals surface area contributed by atoms with Gasteiger partial charge in [0.15, 0.2) is 0 Å². The van der Waals surface area contributed by atoms with Crippen LogP contribution >= 0.6 is 34.8 Å². The number of para-hydroxylation sites is 1. The van der Waals surface area contributed by atoms with Crippen molar-refractivity contribution in [3.8, 4) is 22.8 Å². The van der Waals surface area contributed by atoms with Crippen molar-refractivity contribution < 1.29 is 9.32 Å². The lowest BCUT2D eigenvalue weighted by molar-refractivity contribution is -0.118. The van der Waals surface area contributed by atoms with Crippen LogP contribution in [0.4, 0.5) is 5.69 Å². The van der Waals surface area contributed by atoms with E-state index in [4.69, 9.17) is 39.3 Å². The molecule has 5 nitrogen and oxygen atoms in total. The van der Waals surface area contributed by atoms with Crippen LogP contribution in [0, 0.1) is 17.3 Å². The molecule has 1 amide bonds. The third-order valence-corrected chi connectivity index (χ3v) is 5.95. The first-order valence-electron chi connectivity index (χ1n) is 9.30. The van der Waals surface area contributed by atoms with E-state index in [1.165, 1.54) is 0 Å². The zero-order valence-corrected chi connectivity index (χ0v) is 18.5. The van der Waals surface area contributed by atoms with Gasteiger partial charge in [-0.3, -0.25) is 4.79 Å². The molecule has 1 saturated carbocycles. The second-order valence-corrected chi connectivity index (χ2v) is 9.19. The summed E-state index contributed by atoms with van der Waals surface area (Å²) in [5.74, 6) is 0.389. The van der Waals surface area contributed by atoms with Crippen molar-refractivity contribution in [3.63, 3.8) is 0 Å². The van der Waals surface area contributed by atoms with Crippen LogP contribution in [0.3, 0.4) is 0 Å². The molecule has 1 aromatic heterocycles. The molecule has 1 fully saturated rings. The fourth-order valence-corrected chi connectivity index (χ4v) is 4.06. The van der Waals surface area contributed by atoms with Crippen molar-refractivity contribution in [3.05, 3.63) is 64.1 Å². The van der Waals surface area contributed by atoms with Gasteiger partial charge in [-0.25, -0.2) is 0 Å². The summed E-state index contributed by atoms with van der Waals surface area (Å²) in [6, 6.07) is 14.4. The molecule has 3 aromatic rings. The fraction of sp³-hybridized carbons (Fsp3) is 0.227. The molecule has 4 rings (SSSR count). The van der Waals surface area contributed by atoms with Gasteiger partial charge in [0.2, 0.25) is 11.7 Å². The number of anilines is 1. The number of benzene rings is 2. The van der Waals surface area contributed by atoms with Crippen LogP contribution in [0.25, 0.3) is 22.8 Å². The Hall–Kier alpha value is -2.34. The number of halogens is 3.